The number of halogens is 1. The molecule has 0 aliphatic carbocycles. The first-order chi connectivity index (χ1) is 13.5. The number of nitrogens with zero attached hydrogens (tertiary/aromatic N) is 1. The first kappa shape index (κ1) is 18.7. The molecule has 0 saturated heterocycles. The molecule has 2 aromatic carbocycles. The van der Waals surface area contributed by atoms with Gasteiger partial charge < -0.3 is 10.0 Å². The van der Waals surface area contributed by atoms with Crippen LogP contribution in [-0.2, 0) is 0 Å². The van der Waals surface area contributed by atoms with E-state index in [0.717, 1.165) is 31.9 Å². The fourth-order valence-corrected chi connectivity index (χ4v) is 5.46. The predicted molar refractivity (Wildman–Crippen MR) is 116 cm³/mol. The molecule has 0 aliphatic heterocycles. The smallest absolute Gasteiger partial charge is 0.348 e. The van der Waals surface area contributed by atoms with Crippen LogP contribution in [0.1, 0.15) is 19.3 Å². The minimum atomic E-state index is -1.07. The lowest BCUT2D eigenvalue weighted by Gasteiger charge is -2.16. The van der Waals surface area contributed by atoms with E-state index in [0.29, 0.717) is 15.6 Å². The van der Waals surface area contributed by atoms with Crippen molar-refractivity contribution in [3.8, 4) is 10.4 Å². The summed E-state index contributed by atoms with van der Waals surface area (Å²) in [5, 5.41) is 10.9. The second-order valence-electron chi connectivity index (χ2n) is 6.10. The van der Waals surface area contributed by atoms with Crippen LogP contribution in [0.3, 0.4) is 0 Å². The van der Waals surface area contributed by atoms with E-state index in [4.69, 9.17) is 11.6 Å². The van der Waals surface area contributed by atoms with Crippen LogP contribution in [0.5, 0.6) is 0 Å². The first-order valence-electron chi connectivity index (χ1n) is 8.35. The number of thiophene rings is 2. The van der Waals surface area contributed by atoms with Gasteiger partial charge in [0.15, 0.2) is 0 Å². The number of rotatable bonds is 4. The van der Waals surface area contributed by atoms with Crippen molar-refractivity contribution >= 4 is 61.9 Å². The number of carbonyl (C=O) groups excluding carboxylic acids is 1. The maximum atomic E-state index is 13.1. The molecule has 0 spiro atoms. The van der Waals surface area contributed by atoms with Crippen molar-refractivity contribution in [2.45, 2.75) is 0 Å². The Labute approximate surface area is 174 Å². The van der Waals surface area contributed by atoms with Gasteiger partial charge in [0.2, 0.25) is 0 Å². The quantitative estimate of drug-likeness (QED) is 0.418. The standard InChI is InChI=1S/C21H14ClNO3S2/c1-23(20(24)19-17(22)13-9-5-6-10-15(13)27-19)14-11-16(28-18(14)21(25)26)12-7-3-2-4-8-12/h2-11H,1H3,(H,25,26). The Kier molecular flexibility index (Phi) is 4.93. The van der Waals surface area contributed by atoms with Crippen molar-refractivity contribution in [3.05, 3.63) is 75.4 Å². The molecule has 1 N–H and O–H groups in total. The minimum absolute atomic E-state index is 0.118. The van der Waals surface area contributed by atoms with Crippen LogP contribution in [0.4, 0.5) is 5.69 Å². The Bertz CT molecular complexity index is 1200. The number of carbonyl (C=O) groups is 2. The van der Waals surface area contributed by atoms with Crippen LogP contribution in [0, 0.1) is 0 Å². The summed E-state index contributed by atoms with van der Waals surface area (Å²) in [6.45, 7) is 0. The van der Waals surface area contributed by atoms with Crippen molar-refractivity contribution in [2.75, 3.05) is 11.9 Å². The third-order valence-corrected chi connectivity index (χ3v) is 7.18. The lowest BCUT2D eigenvalue weighted by Crippen LogP contribution is -2.26. The Morgan fingerprint density at radius 2 is 1.64 bits per heavy atom. The average Bonchev–Trinajstić information content (AvgIpc) is 3.30. The molecule has 0 radical (unpaired) electrons. The van der Waals surface area contributed by atoms with Gasteiger partial charge >= 0.3 is 5.97 Å². The summed E-state index contributed by atoms with van der Waals surface area (Å²) in [7, 11) is 1.58. The van der Waals surface area contributed by atoms with E-state index in [9.17, 15) is 14.7 Å². The van der Waals surface area contributed by atoms with Crippen molar-refractivity contribution in [1.82, 2.24) is 0 Å². The number of carboxylic acids is 1. The highest BCUT2D eigenvalue weighted by Crippen LogP contribution is 2.40. The van der Waals surface area contributed by atoms with Gasteiger partial charge in [-0.05, 0) is 17.7 Å². The molecule has 0 saturated carbocycles. The van der Waals surface area contributed by atoms with E-state index in [-0.39, 0.29) is 10.8 Å². The number of amides is 1. The number of hydrogen-bond donors (Lipinski definition) is 1. The molecule has 0 fully saturated rings. The number of carboxylic acid groups (broad SMARTS) is 1. The lowest BCUT2D eigenvalue weighted by atomic mass is 10.2. The molecule has 0 atom stereocenters. The van der Waals surface area contributed by atoms with Crippen LogP contribution in [-0.4, -0.2) is 24.0 Å². The number of fused-ring (bicyclic) bond motifs is 1. The van der Waals surface area contributed by atoms with Crippen LogP contribution in [0.2, 0.25) is 5.02 Å². The van der Waals surface area contributed by atoms with Crippen LogP contribution in [0.15, 0.2) is 60.7 Å². The van der Waals surface area contributed by atoms with Gasteiger partial charge in [0.05, 0.1) is 10.7 Å². The second kappa shape index (κ2) is 7.39. The van der Waals surface area contributed by atoms with E-state index in [1.807, 2.05) is 54.6 Å². The molecule has 1 amide bonds. The molecule has 4 nitrogen and oxygen atoms in total. The third-order valence-electron chi connectivity index (χ3n) is 4.36. The van der Waals surface area contributed by atoms with Crippen molar-refractivity contribution in [1.29, 1.82) is 0 Å². The molecular formula is C21H14ClNO3S2. The molecule has 7 heteroatoms. The summed E-state index contributed by atoms with van der Waals surface area (Å²) in [6.07, 6.45) is 0. The Hall–Kier alpha value is -2.67. The first-order valence-corrected chi connectivity index (χ1v) is 10.4. The lowest BCUT2D eigenvalue weighted by molar-refractivity contribution is 0.0703. The summed E-state index contributed by atoms with van der Waals surface area (Å²) in [6, 6.07) is 18.8. The monoisotopic (exact) mass is 427 g/mol. The zero-order chi connectivity index (χ0) is 19.8. The van der Waals surface area contributed by atoms with E-state index < -0.39 is 5.97 Å². The second-order valence-corrected chi connectivity index (χ2v) is 8.58. The SMILES string of the molecule is CN(C(=O)c1sc2ccccc2c1Cl)c1cc(-c2ccccc2)sc1C(=O)O. The van der Waals surface area contributed by atoms with Gasteiger partial charge in [-0.25, -0.2) is 4.79 Å². The Morgan fingerprint density at radius 1 is 0.964 bits per heavy atom. The molecule has 0 bridgehead atoms. The molecule has 0 aliphatic rings. The number of aromatic carboxylic acids is 1. The van der Waals surface area contributed by atoms with Gasteiger partial charge in [-0.2, -0.15) is 0 Å². The summed E-state index contributed by atoms with van der Waals surface area (Å²) in [5.74, 6) is -1.39. The molecule has 0 unspecified atom stereocenters. The number of anilines is 1. The highest BCUT2D eigenvalue weighted by Gasteiger charge is 2.26. The Balaban J connectivity index is 1.77. The molecule has 140 valence electrons. The van der Waals surface area contributed by atoms with Gasteiger partial charge in [0.25, 0.3) is 5.91 Å². The number of benzene rings is 2. The predicted octanol–water partition coefficient (Wildman–Crippen LogP) is 6.26. The third kappa shape index (κ3) is 3.20. The fourth-order valence-electron chi connectivity index (χ4n) is 2.94. The van der Waals surface area contributed by atoms with E-state index in [1.54, 1.807) is 13.1 Å². The normalized spacial score (nSPS) is 10.9. The summed E-state index contributed by atoms with van der Waals surface area (Å²) in [5.41, 5.74) is 1.26. The van der Waals surface area contributed by atoms with Crippen molar-refractivity contribution in [2.24, 2.45) is 0 Å². The molecule has 28 heavy (non-hydrogen) atoms. The van der Waals surface area contributed by atoms with E-state index >= 15 is 0 Å². The van der Waals surface area contributed by atoms with Gasteiger partial charge in [-0.3, -0.25) is 4.79 Å². The minimum Gasteiger partial charge on any atom is -0.477 e. The van der Waals surface area contributed by atoms with Gasteiger partial charge in [0.1, 0.15) is 9.75 Å². The summed E-state index contributed by atoms with van der Waals surface area (Å²) in [4.78, 5) is 27.6. The van der Waals surface area contributed by atoms with Crippen LogP contribution in [0.25, 0.3) is 20.5 Å². The van der Waals surface area contributed by atoms with Crippen molar-refractivity contribution in [3.63, 3.8) is 0 Å². The van der Waals surface area contributed by atoms with Gasteiger partial charge in [-0.15, -0.1) is 22.7 Å². The average molecular weight is 428 g/mol. The summed E-state index contributed by atoms with van der Waals surface area (Å²) < 4.78 is 0.915. The molecule has 4 aromatic rings. The van der Waals surface area contributed by atoms with Gasteiger partial charge in [0, 0.05) is 22.0 Å². The molecule has 2 aromatic heterocycles. The Morgan fingerprint density at radius 3 is 2.32 bits per heavy atom. The van der Waals surface area contributed by atoms with E-state index in [2.05, 4.69) is 0 Å². The highest BCUT2D eigenvalue weighted by molar-refractivity contribution is 7.21. The number of hydrogen-bond acceptors (Lipinski definition) is 4. The van der Waals surface area contributed by atoms with E-state index in [1.165, 1.54) is 16.2 Å². The highest BCUT2D eigenvalue weighted by atomic mass is 35.5. The zero-order valence-corrected chi connectivity index (χ0v) is 17.1. The maximum Gasteiger partial charge on any atom is 0.348 e. The largest absolute Gasteiger partial charge is 0.477 e. The zero-order valence-electron chi connectivity index (χ0n) is 14.7. The maximum absolute atomic E-state index is 13.1. The van der Waals surface area contributed by atoms with Crippen molar-refractivity contribution < 1.29 is 14.7 Å². The molecule has 4 rings (SSSR count). The summed E-state index contributed by atoms with van der Waals surface area (Å²) >= 11 is 8.89. The van der Waals surface area contributed by atoms with Crippen LogP contribution < -0.4 is 4.90 Å². The van der Waals surface area contributed by atoms with Crippen LogP contribution >= 0.6 is 34.3 Å². The topological polar surface area (TPSA) is 57.6 Å². The fraction of sp³-hybridized carbons (Fsp3) is 0.0476. The molecule has 2 heterocycles. The molecular weight excluding hydrogens is 414 g/mol. The van der Waals surface area contributed by atoms with Gasteiger partial charge in [-0.1, -0.05) is 60.1 Å².